The van der Waals surface area contributed by atoms with E-state index in [0.717, 1.165) is 22.9 Å². The quantitative estimate of drug-likeness (QED) is 0.755. The highest BCUT2D eigenvalue weighted by Gasteiger charge is 2.12. The van der Waals surface area contributed by atoms with E-state index in [1.165, 1.54) is 0 Å². The van der Waals surface area contributed by atoms with Gasteiger partial charge in [-0.15, -0.1) is 0 Å². The van der Waals surface area contributed by atoms with E-state index in [4.69, 9.17) is 27.4 Å². The van der Waals surface area contributed by atoms with E-state index in [2.05, 4.69) is 0 Å². The standard InChI is InChI=1S/C15H14Cl2O3S/c1-10(20-21(2,18)19)11-3-5-12(6-4-11)13-7-8-14(16)15(17)9-13/h3-10H,1-2H3. The van der Waals surface area contributed by atoms with Crippen LogP contribution in [0.4, 0.5) is 0 Å². The van der Waals surface area contributed by atoms with Gasteiger partial charge in [-0.1, -0.05) is 53.5 Å². The molecule has 0 bridgehead atoms. The fourth-order valence-electron chi connectivity index (χ4n) is 1.94. The molecule has 0 aliphatic heterocycles. The minimum absolute atomic E-state index is 0.493. The summed E-state index contributed by atoms with van der Waals surface area (Å²) >= 11 is 11.9. The van der Waals surface area contributed by atoms with Gasteiger partial charge in [-0.05, 0) is 35.7 Å². The first-order chi connectivity index (χ1) is 9.76. The molecule has 2 rings (SSSR count). The highest BCUT2D eigenvalue weighted by atomic mass is 35.5. The van der Waals surface area contributed by atoms with Crippen LogP contribution in [0.2, 0.25) is 10.0 Å². The molecular formula is C15H14Cl2O3S. The van der Waals surface area contributed by atoms with Gasteiger partial charge in [-0.2, -0.15) is 8.42 Å². The highest BCUT2D eigenvalue weighted by molar-refractivity contribution is 7.86. The van der Waals surface area contributed by atoms with E-state index < -0.39 is 16.2 Å². The molecule has 0 fully saturated rings. The Balaban J connectivity index is 2.24. The van der Waals surface area contributed by atoms with Crippen molar-refractivity contribution in [1.82, 2.24) is 0 Å². The third-order valence-corrected chi connectivity index (χ3v) is 4.33. The molecule has 0 radical (unpaired) electrons. The van der Waals surface area contributed by atoms with Crippen molar-refractivity contribution >= 4 is 33.3 Å². The van der Waals surface area contributed by atoms with Crippen LogP contribution in [0.25, 0.3) is 11.1 Å². The molecule has 2 aromatic carbocycles. The third-order valence-electron chi connectivity index (χ3n) is 2.95. The van der Waals surface area contributed by atoms with Crippen molar-refractivity contribution in [2.45, 2.75) is 13.0 Å². The monoisotopic (exact) mass is 344 g/mol. The zero-order valence-corrected chi connectivity index (χ0v) is 13.8. The van der Waals surface area contributed by atoms with Gasteiger partial charge in [-0.3, -0.25) is 4.18 Å². The van der Waals surface area contributed by atoms with Crippen LogP contribution in [0.1, 0.15) is 18.6 Å². The van der Waals surface area contributed by atoms with Crippen LogP contribution in [0.3, 0.4) is 0 Å². The van der Waals surface area contributed by atoms with Gasteiger partial charge in [0.2, 0.25) is 0 Å². The lowest BCUT2D eigenvalue weighted by Crippen LogP contribution is -2.07. The van der Waals surface area contributed by atoms with Gasteiger partial charge in [0.1, 0.15) is 0 Å². The van der Waals surface area contributed by atoms with Crippen LogP contribution < -0.4 is 0 Å². The Hall–Kier alpha value is -1.07. The Morgan fingerprint density at radius 3 is 2.05 bits per heavy atom. The molecule has 0 saturated heterocycles. The molecule has 6 heteroatoms. The molecule has 0 aromatic heterocycles. The maximum atomic E-state index is 11.1. The number of halogens is 2. The predicted molar refractivity (Wildman–Crippen MR) is 86.2 cm³/mol. The largest absolute Gasteiger partial charge is 0.264 e. The summed E-state index contributed by atoms with van der Waals surface area (Å²) in [7, 11) is -3.48. The molecule has 2 aromatic rings. The van der Waals surface area contributed by atoms with Gasteiger partial charge in [0.25, 0.3) is 10.1 Å². The van der Waals surface area contributed by atoms with Crippen molar-refractivity contribution in [3.63, 3.8) is 0 Å². The molecule has 0 aliphatic carbocycles. The summed E-state index contributed by atoms with van der Waals surface area (Å²) in [5.41, 5.74) is 2.68. The number of hydrogen-bond donors (Lipinski definition) is 0. The van der Waals surface area contributed by atoms with E-state index in [9.17, 15) is 8.42 Å². The van der Waals surface area contributed by atoms with Crippen LogP contribution in [0.5, 0.6) is 0 Å². The van der Waals surface area contributed by atoms with Crippen molar-refractivity contribution < 1.29 is 12.6 Å². The first kappa shape index (κ1) is 16.3. The summed E-state index contributed by atoms with van der Waals surface area (Å²) in [6.45, 7) is 1.69. The van der Waals surface area contributed by atoms with E-state index in [1.807, 2.05) is 30.3 Å². The van der Waals surface area contributed by atoms with E-state index in [1.54, 1.807) is 19.1 Å². The summed E-state index contributed by atoms with van der Waals surface area (Å²) in [6, 6.07) is 12.8. The Morgan fingerprint density at radius 1 is 0.952 bits per heavy atom. The fourth-order valence-corrected chi connectivity index (χ4v) is 2.87. The predicted octanol–water partition coefficient (Wildman–Crippen LogP) is 4.70. The van der Waals surface area contributed by atoms with E-state index >= 15 is 0 Å². The van der Waals surface area contributed by atoms with Crippen molar-refractivity contribution in [3.8, 4) is 11.1 Å². The molecule has 0 spiro atoms. The number of hydrogen-bond acceptors (Lipinski definition) is 3. The minimum Gasteiger partial charge on any atom is -0.262 e. The highest BCUT2D eigenvalue weighted by Crippen LogP contribution is 2.29. The SMILES string of the molecule is CC(OS(C)(=O)=O)c1ccc(-c2ccc(Cl)c(Cl)c2)cc1. The minimum atomic E-state index is -3.48. The Bertz CT molecular complexity index is 740. The van der Waals surface area contributed by atoms with Crippen molar-refractivity contribution in [3.05, 3.63) is 58.1 Å². The Labute approximate surface area is 134 Å². The van der Waals surface area contributed by atoms with Gasteiger partial charge in [0, 0.05) is 0 Å². The van der Waals surface area contributed by atoms with Crippen LogP contribution >= 0.6 is 23.2 Å². The normalized spacial score (nSPS) is 13.1. The maximum Gasteiger partial charge on any atom is 0.264 e. The average molecular weight is 345 g/mol. The lowest BCUT2D eigenvalue weighted by molar-refractivity contribution is 0.237. The van der Waals surface area contributed by atoms with Gasteiger partial charge < -0.3 is 0 Å². The van der Waals surface area contributed by atoms with Gasteiger partial charge in [0.05, 0.1) is 22.4 Å². The summed E-state index contributed by atoms with van der Waals surface area (Å²) in [4.78, 5) is 0. The van der Waals surface area contributed by atoms with Crippen LogP contribution in [-0.2, 0) is 14.3 Å². The zero-order chi connectivity index (χ0) is 15.6. The van der Waals surface area contributed by atoms with Crippen LogP contribution in [-0.4, -0.2) is 14.7 Å². The smallest absolute Gasteiger partial charge is 0.262 e. The fraction of sp³-hybridized carbons (Fsp3) is 0.200. The van der Waals surface area contributed by atoms with Gasteiger partial charge in [0.15, 0.2) is 0 Å². The second-order valence-electron chi connectivity index (χ2n) is 4.69. The summed E-state index contributed by atoms with van der Waals surface area (Å²) < 4.78 is 27.2. The van der Waals surface area contributed by atoms with E-state index in [0.29, 0.717) is 10.0 Å². The molecule has 3 nitrogen and oxygen atoms in total. The maximum absolute atomic E-state index is 11.1. The summed E-state index contributed by atoms with van der Waals surface area (Å²) in [5.74, 6) is 0. The first-order valence-corrected chi connectivity index (χ1v) is 8.77. The molecule has 0 aliphatic rings. The van der Waals surface area contributed by atoms with Crippen LogP contribution in [0.15, 0.2) is 42.5 Å². The number of benzene rings is 2. The molecule has 1 atom stereocenters. The van der Waals surface area contributed by atoms with Crippen molar-refractivity contribution in [2.75, 3.05) is 6.26 Å². The summed E-state index contributed by atoms with van der Waals surface area (Å²) in [5, 5.41) is 0.999. The molecule has 112 valence electrons. The second-order valence-corrected chi connectivity index (χ2v) is 7.11. The van der Waals surface area contributed by atoms with Gasteiger partial charge >= 0.3 is 0 Å². The third kappa shape index (κ3) is 4.45. The average Bonchev–Trinajstić information content (AvgIpc) is 2.40. The molecule has 0 N–H and O–H groups in total. The second kappa shape index (κ2) is 6.36. The molecule has 0 saturated carbocycles. The molecular weight excluding hydrogens is 331 g/mol. The van der Waals surface area contributed by atoms with Crippen molar-refractivity contribution in [1.29, 1.82) is 0 Å². The summed E-state index contributed by atoms with van der Waals surface area (Å²) in [6.07, 6.45) is 0.510. The zero-order valence-electron chi connectivity index (χ0n) is 11.5. The van der Waals surface area contributed by atoms with Crippen LogP contribution in [0, 0.1) is 0 Å². The molecule has 0 heterocycles. The van der Waals surface area contributed by atoms with E-state index in [-0.39, 0.29) is 0 Å². The lowest BCUT2D eigenvalue weighted by atomic mass is 10.0. The van der Waals surface area contributed by atoms with Gasteiger partial charge in [-0.25, -0.2) is 0 Å². The Kier molecular flexibility index (Phi) is 4.94. The molecule has 1 unspecified atom stereocenters. The van der Waals surface area contributed by atoms with Crippen molar-refractivity contribution in [2.24, 2.45) is 0 Å². The first-order valence-electron chi connectivity index (χ1n) is 6.20. The molecule has 0 amide bonds. The Morgan fingerprint density at radius 2 is 1.52 bits per heavy atom. The topological polar surface area (TPSA) is 43.4 Å². The molecule has 21 heavy (non-hydrogen) atoms. The lowest BCUT2D eigenvalue weighted by Gasteiger charge is -2.12. The number of rotatable bonds is 4.